The van der Waals surface area contributed by atoms with Crippen LogP contribution in [0.1, 0.15) is 65.1 Å². The molecule has 2 unspecified atom stereocenters. The quantitative estimate of drug-likeness (QED) is 0.230. The van der Waals surface area contributed by atoms with E-state index in [1.165, 1.54) is 55.6 Å². The average Bonchev–Trinajstić information content (AvgIpc) is 3.45. The van der Waals surface area contributed by atoms with Gasteiger partial charge < -0.3 is 0 Å². The van der Waals surface area contributed by atoms with E-state index in [1.807, 2.05) is 12.4 Å². The molecule has 1 heterocycles. The number of rotatable bonds is 3. The van der Waals surface area contributed by atoms with Crippen molar-refractivity contribution in [3.63, 3.8) is 0 Å². The van der Waals surface area contributed by atoms with Crippen molar-refractivity contribution in [2.24, 2.45) is 0 Å². The fourth-order valence-corrected chi connectivity index (χ4v) is 7.97. The second-order valence-corrected chi connectivity index (χ2v) is 11.9. The lowest BCUT2D eigenvalue weighted by molar-refractivity contribution is 0.613. The molecule has 2 atom stereocenters. The zero-order valence-corrected chi connectivity index (χ0v) is 22.9. The maximum atomic E-state index is 4.39. The molecule has 0 saturated carbocycles. The fourth-order valence-electron chi connectivity index (χ4n) is 7.97. The first-order valence-corrected chi connectivity index (χ1v) is 14.3. The molecule has 8 rings (SSSR count). The van der Waals surface area contributed by atoms with Gasteiger partial charge in [-0.1, -0.05) is 129 Å². The normalized spacial score (nSPS) is 21.5. The first kappa shape index (κ1) is 23.4. The summed E-state index contributed by atoms with van der Waals surface area (Å²) >= 11 is 0. The molecule has 1 heteroatoms. The largest absolute Gasteiger partial charge is 0.265 e. The molecule has 192 valence electrons. The predicted octanol–water partition coefficient (Wildman–Crippen LogP) is 9.23. The highest BCUT2D eigenvalue weighted by molar-refractivity contribution is 5.96. The minimum absolute atomic E-state index is 0.0292. The Kier molecular flexibility index (Phi) is 4.97. The summed E-state index contributed by atoms with van der Waals surface area (Å²) in [5.74, 6) is 0.472. The third kappa shape index (κ3) is 3.01. The zero-order valence-electron chi connectivity index (χ0n) is 22.9. The van der Waals surface area contributed by atoms with Gasteiger partial charge in [-0.25, -0.2) is 0 Å². The van der Waals surface area contributed by atoms with E-state index < -0.39 is 5.41 Å². The topological polar surface area (TPSA) is 12.9 Å². The fraction of sp³-hybridized carbons (Fsp3) is 0.154. The van der Waals surface area contributed by atoms with Gasteiger partial charge in [-0.05, 0) is 74.2 Å². The van der Waals surface area contributed by atoms with Crippen molar-refractivity contribution in [1.82, 2.24) is 4.98 Å². The summed E-state index contributed by atoms with van der Waals surface area (Å²) in [6, 6.07) is 40.4. The molecule has 0 N–H and O–H groups in total. The van der Waals surface area contributed by atoms with E-state index in [0.29, 0.717) is 5.92 Å². The molecule has 3 aliphatic carbocycles. The van der Waals surface area contributed by atoms with Crippen LogP contribution in [0.4, 0.5) is 0 Å². The monoisotopic (exact) mass is 513 g/mol. The van der Waals surface area contributed by atoms with Crippen LogP contribution in [-0.2, 0) is 10.8 Å². The van der Waals surface area contributed by atoms with Crippen molar-refractivity contribution in [2.45, 2.75) is 37.0 Å². The molecule has 40 heavy (non-hydrogen) atoms. The van der Waals surface area contributed by atoms with Crippen LogP contribution in [0.5, 0.6) is 0 Å². The van der Waals surface area contributed by atoms with Crippen LogP contribution in [0.2, 0.25) is 0 Å². The van der Waals surface area contributed by atoms with E-state index >= 15 is 0 Å². The summed E-state index contributed by atoms with van der Waals surface area (Å²) < 4.78 is 0. The average molecular weight is 514 g/mol. The maximum Gasteiger partial charge on any atom is 0.0714 e. The van der Waals surface area contributed by atoms with Crippen molar-refractivity contribution in [3.05, 3.63) is 178 Å². The number of pyridine rings is 1. The van der Waals surface area contributed by atoms with E-state index in [9.17, 15) is 0 Å². The van der Waals surface area contributed by atoms with Crippen LogP contribution in [0.15, 0.2) is 139 Å². The van der Waals surface area contributed by atoms with E-state index in [-0.39, 0.29) is 5.41 Å². The molecule has 0 bridgehead atoms. The van der Waals surface area contributed by atoms with Gasteiger partial charge in [0.25, 0.3) is 0 Å². The summed E-state index contributed by atoms with van der Waals surface area (Å²) in [7, 11) is 0. The Balaban J connectivity index is 1.39. The van der Waals surface area contributed by atoms with Crippen molar-refractivity contribution in [3.8, 4) is 11.1 Å². The Morgan fingerprint density at radius 2 is 1.27 bits per heavy atom. The van der Waals surface area contributed by atoms with E-state index in [1.54, 1.807) is 5.57 Å². The summed E-state index contributed by atoms with van der Waals surface area (Å²) in [5.41, 5.74) is 14.7. The van der Waals surface area contributed by atoms with Gasteiger partial charge in [0.15, 0.2) is 0 Å². The lowest BCUT2D eigenvalue weighted by atomic mass is 9.67. The van der Waals surface area contributed by atoms with Gasteiger partial charge >= 0.3 is 0 Å². The molecule has 0 saturated heterocycles. The van der Waals surface area contributed by atoms with Gasteiger partial charge in [-0.15, -0.1) is 0 Å². The molecular formula is C39H31N. The Labute approximate surface area is 236 Å². The first-order valence-electron chi connectivity index (χ1n) is 14.3. The van der Waals surface area contributed by atoms with E-state index in [2.05, 4.69) is 140 Å². The number of hydrogen-bond donors (Lipinski definition) is 0. The molecule has 1 aromatic heterocycles. The van der Waals surface area contributed by atoms with Gasteiger partial charge in [-0.2, -0.15) is 0 Å². The highest BCUT2D eigenvalue weighted by Gasteiger charge is 2.47. The molecule has 4 aromatic carbocycles. The zero-order chi connectivity index (χ0) is 26.9. The van der Waals surface area contributed by atoms with Gasteiger partial charge in [0.05, 0.1) is 5.41 Å². The molecule has 0 spiro atoms. The standard InChI is InChI=1S/C39H31N/c1-38(2)33-16-8-6-13-30(33)31-20-19-26(25-36(31)38)29-15-10-18-35-37(29)32-14-7-9-17-34(32)39(35,27-11-4-3-5-12-27)28-21-23-40-24-22-28/h3-19,21-25,31H,20H2,1-2H3. The summed E-state index contributed by atoms with van der Waals surface area (Å²) in [6.45, 7) is 4.80. The van der Waals surface area contributed by atoms with Crippen molar-refractivity contribution in [2.75, 3.05) is 0 Å². The smallest absolute Gasteiger partial charge is 0.0714 e. The van der Waals surface area contributed by atoms with Crippen molar-refractivity contribution in [1.29, 1.82) is 0 Å². The molecule has 0 radical (unpaired) electrons. The lowest BCUT2D eigenvalue weighted by Gasteiger charge is -2.34. The Morgan fingerprint density at radius 1 is 0.625 bits per heavy atom. The number of aromatic nitrogens is 1. The maximum absolute atomic E-state index is 4.39. The molecule has 0 fully saturated rings. The lowest BCUT2D eigenvalue weighted by Crippen LogP contribution is -2.28. The minimum atomic E-state index is -0.403. The number of nitrogens with zero attached hydrogens (tertiary/aromatic N) is 1. The second kappa shape index (κ2) is 8.50. The van der Waals surface area contributed by atoms with Crippen LogP contribution < -0.4 is 0 Å². The highest BCUT2D eigenvalue weighted by atomic mass is 14.6. The van der Waals surface area contributed by atoms with E-state index in [4.69, 9.17) is 0 Å². The van der Waals surface area contributed by atoms with Crippen LogP contribution in [0.3, 0.4) is 0 Å². The first-order chi connectivity index (χ1) is 19.6. The highest BCUT2D eigenvalue weighted by Crippen LogP contribution is 2.59. The SMILES string of the molecule is CC1(C)C2=CC(c3cccc4c3-c3ccccc3C4(c3ccccc3)c3ccncc3)=CCC2c2ccccc21. The minimum Gasteiger partial charge on any atom is -0.265 e. The molecule has 1 nitrogen and oxygen atoms in total. The van der Waals surface area contributed by atoms with Gasteiger partial charge in [0, 0.05) is 23.7 Å². The van der Waals surface area contributed by atoms with Gasteiger partial charge in [0.2, 0.25) is 0 Å². The third-order valence-electron chi connectivity index (χ3n) is 9.69. The molecule has 3 aliphatic rings. The molecule has 0 aliphatic heterocycles. The number of benzene rings is 4. The number of fused-ring (bicyclic) bond motifs is 6. The summed E-state index contributed by atoms with van der Waals surface area (Å²) in [6.07, 6.45) is 9.90. The summed E-state index contributed by atoms with van der Waals surface area (Å²) in [4.78, 5) is 4.39. The Bertz CT molecular complexity index is 1800. The van der Waals surface area contributed by atoms with Crippen LogP contribution in [0.25, 0.3) is 16.7 Å². The predicted molar refractivity (Wildman–Crippen MR) is 164 cm³/mol. The van der Waals surface area contributed by atoms with Crippen LogP contribution in [0, 0.1) is 0 Å². The molecular weight excluding hydrogens is 482 g/mol. The molecule has 5 aromatic rings. The number of hydrogen-bond acceptors (Lipinski definition) is 1. The Morgan fingerprint density at radius 3 is 2.10 bits per heavy atom. The van der Waals surface area contributed by atoms with Crippen LogP contribution in [-0.4, -0.2) is 4.98 Å². The van der Waals surface area contributed by atoms with Crippen molar-refractivity contribution >= 4 is 5.57 Å². The van der Waals surface area contributed by atoms with Crippen LogP contribution >= 0.6 is 0 Å². The Hall–Kier alpha value is -4.49. The third-order valence-corrected chi connectivity index (χ3v) is 9.69. The number of allylic oxidation sites excluding steroid dienone is 4. The van der Waals surface area contributed by atoms with Gasteiger partial charge in [-0.3, -0.25) is 4.98 Å². The van der Waals surface area contributed by atoms with Gasteiger partial charge in [0.1, 0.15) is 0 Å². The summed E-state index contributed by atoms with van der Waals surface area (Å²) in [5, 5.41) is 0. The molecule has 0 amide bonds. The second-order valence-electron chi connectivity index (χ2n) is 11.9. The van der Waals surface area contributed by atoms with E-state index in [0.717, 1.165) is 6.42 Å². The van der Waals surface area contributed by atoms with Crippen molar-refractivity contribution < 1.29 is 0 Å².